The van der Waals surface area contributed by atoms with E-state index in [-0.39, 0.29) is 34.9 Å². The normalized spacial score (nSPS) is 17.0. The molecule has 2 rings (SSSR count). The van der Waals surface area contributed by atoms with Gasteiger partial charge in [0.05, 0.1) is 17.5 Å². The number of piperidine rings is 1. The fourth-order valence-electron chi connectivity index (χ4n) is 2.84. The van der Waals surface area contributed by atoms with Gasteiger partial charge in [0.15, 0.2) is 0 Å². The summed E-state index contributed by atoms with van der Waals surface area (Å²) in [5, 5.41) is 0.571. The van der Waals surface area contributed by atoms with Gasteiger partial charge in [0.1, 0.15) is 4.90 Å². The first-order chi connectivity index (χ1) is 11.2. The zero-order chi connectivity index (χ0) is 18.1. The summed E-state index contributed by atoms with van der Waals surface area (Å²) in [5.41, 5.74) is 1.06. The van der Waals surface area contributed by atoms with Gasteiger partial charge in [-0.2, -0.15) is 4.31 Å². The van der Waals surface area contributed by atoms with Gasteiger partial charge in [0.2, 0.25) is 10.0 Å². The molecule has 1 aromatic carbocycles. The van der Waals surface area contributed by atoms with Crippen molar-refractivity contribution in [3.63, 3.8) is 0 Å². The molecule has 1 heterocycles. The molecule has 0 radical (unpaired) electrons. The molecule has 1 saturated heterocycles. The Balaban J connectivity index is 2.26. The maximum Gasteiger partial charge on any atom is 0.309 e. The number of rotatable bonds is 4. The van der Waals surface area contributed by atoms with Crippen molar-refractivity contribution >= 4 is 39.2 Å². The lowest BCUT2D eigenvalue weighted by atomic mass is 9.98. The van der Waals surface area contributed by atoms with E-state index in [1.165, 1.54) is 4.31 Å². The standard InChI is InChI=1S/C16H21Cl2NO4S/c1-4-23-16(20)12-5-7-19(8-6-12)24(21,22)15-11(3)13(17)9-10(2)14(15)18/h9,12H,4-8H2,1-3H3. The van der Waals surface area contributed by atoms with E-state index in [4.69, 9.17) is 27.9 Å². The molecular formula is C16H21Cl2NO4S. The van der Waals surface area contributed by atoms with Gasteiger partial charge in [-0.05, 0) is 50.8 Å². The molecule has 1 aliphatic heterocycles. The molecule has 0 spiro atoms. The minimum absolute atomic E-state index is 0.0590. The molecule has 0 bridgehead atoms. The molecule has 0 unspecified atom stereocenters. The van der Waals surface area contributed by atoms with E-state index >= 15 is 0 Å². The third-order valence-corrected chi connectivity index (χ3v) is 7.32. The summed E-state index contributed by atoms with van der Waals surface area (Å²) in [7, 11) is -3.76. The van der Waals surface area contributed by atoms with Crippen molar-refractivity contribution < 1.29 is 17.9 Å². The Morgan fingerprint density at radius 1 is 1.29 bits per heavy atom. The van der Waals surface area contributed by atoms with Crippen LogP contribution in [-0.2, 0) is 19.6 Å². The number of aryl methyl sites for hydroxylation is 1. The fourth-order valence-corrected chi connectivity index (χ4v) is 5.48. The Morgan fingerprint density at radius 2 is 1.88 bits per heavy atom. The number of nitrogens with zero attached hydrogens (tertiary/aromatic N) is 1. The summed E-state index contributed by atoms with van der Waals surface area (Å²) in [6.07, 6.45) is 0.878. The van der Waals surface area contributed by atoms with E-state index < -0.39 is 10.0 Å². The van der Waals surface area contributed by atoms with E-state index in [1.54, 1.807) is 26.8 Å². The lowest BCUT2D eigenvalue weighted by molar-refractivity contribution is -0.149. The van der Waals surface area contributed by atoms with Crippen molar-refractivity contribution in [3.8, 4) is 0 Å². The van der Waals surface area contributed by atoms with E-state index in [0.717, 1.165) is 0 Å². The van der Waals surface area contributed by atoms with Crippen LogP contribution in [0.1, 0.15) is 30.9 Å². The number of sulfonamides is 1. The van der Waals surface area contributed by atoms with Gasteiger partial charge in [0, 0.05) is 18.1 Å². The molecule has 0 aliphatic carbocycles. The second-order valence-corrected chi connectivity index (χ2v) is 8.53. The largest absolute Gasteiger partial charge is 0.466 e. The van der Waals surface area contributed by atoms with Crippen LogP contribution in [0, 0.1) is 19.8 Å². The number of carbonyl (C=O) groups excluding carboxylic acids is 1. The van der Waals surface area contributed by atoms with Gasteiger partial charge < -0.3 is 4.74 Å². The predicted molar refractivity (Wildman–Crippen MR) is 94.1 cm³/mol. The first-order valence-electron chi connectivity index (χ1n) is 7.82. The number of hydrogen-bond acceptors (Lipinski definition) is 4. The zero-order valence-electron chi connectivity index (χ0n) is 13.9. The molecular weight excluding hydrogens is 373 g/mol. The van der Waals surface area contributed by atoms with Gasteiger partial charge in [0.25, 0.3) is 0 Å². The molecule has 1 aliphatic rings. The average molecular weight is 394 g/mol. The van der Waals surface area contributed by atoms with E-state index in [2.05, 4.69) is 0 Å². The van der Waals surface area contributed by atoms with Crippen molar-refractivity contribution in [2.75, 3.05) is 19.7 Å². The molecule has 134 valence electrons. The molecule has 0 N–H and O–H groups in total. The summed E-state index contributed by atoms with van der Waals surface area (Å²) in [4.78, 5) is 11.9. The van der Waals surface area contributed by atoms with Crippen LogP contribution in [0.2, 0.25) is 10.0 Å². The number of ether oxygens (including phenoxy) is 1. The van der Waals surface area contributed by atoms with Crippen molar-refractivity contribution in [2.45, 2.75) is 38.5 Å². The summed E-state index contributed by atoms with van der Waals surface area (Å²) in [5.74, 6) is -0.517. The van der Waals surface area contributed by atoms with Crippen LogP contribution in [0.25, 0.3) is 0 Å². The number of esters is 1. The number of benzene rings is 1. The minimum Gasteiger partial charge on any atom is -0.466 e. The van der Waals surface area contributed by atoms with Gasteiger partial charge in [-0.1, -0.05) is 23.2 Å². The van der Waals surface area contributed by atoms with Gasteiger partial charge >= 0.3 is 5.97 Å². The van der Waals surface area contributed by atoms with Gasteiger partial charge in [-0.25, -0.2) is 8.42 Å². The van der Waals surface area contributed by atoms with Crippen molar-refractivity contribution in [2.24, 2.45) is 5.92 Å². The van der Waals surface area contributed by atoms with Crippen LogP contribution in [0.5, 0.6) is 0 Å². The van der Waals surface area contributed by atoms with Crippen LogP contribution in [0.4, 0.5) is 0 Å². The third-order valence-electron chi connectivity index (χ3n) is 4.26. The molecule has 5 nitrogen and oxygen atoms in total. The van der Waals surface area contributed by atoms with Crippen LogP contribution in [0.15, 0.2) is 11.0 Å². The Bertz CT molecular complexity index is 715. The number of carbonyl (C=O) groups is 1. The first kappa shape index (κ1) is 19.5. The van der Waals surface area contributed by atoms with Crippen molar-refractivity contribution in [3.05, 3.63) is 27.2 Å². The predicted octanol–water partition coefficient (Wildman–Crippen LogP) is 3.57. The Morgan fingerprint density at radius 3 is 2.42 bits per heavy atom. The van der Waals surface area contributed by atoms with E-state index in [0.29, 0.717) is 35.6 Å². The molecule has 0 atom stereocenters. The SMILES string of the molecule is CCOC(=O)C1CCN(S(=O)(=O)c2c(C)c(Cl)cc(C)c2Cl)CC1. The average Bonchev–Trinajstić information content (AvgIpc) is 2.53. The van der Waals surface area contributed by atoms with Crippen LogP contribution >= 0.6 is 23.2 Å². The molecule has 8 heteroatoms. The molecule has 24 heavy (non-hydrogen) atoms. The lowest BCUT2D eigenvalue weighted by Crippen LogP contribution is -2.41. The summed E-state index contributed by atoms with van der Waals surface area (Å²) in [6.45, 7) is 5.96. The third kappa shape index (κ3) is 3.72. The Hall–Kier alpha value is -0.820. The molecule has 0 amide bonds. The highest BCUT2D eigenvalue weighted by Crippen LogP contribution is 2.36. The highest BCUT2D eigenvalue weighted by atomic mass is 35.5. The number of hydrogen-bond donors (Lipinski definition) is 0. The quantitative estimate of drug-likeness (QED) is 0.733. The summed E-state index contributed by atoms with van der Waals surface area (Å²) >= 11 is 12.4. The highest BCUT2D eigenvalue weighted by molar-refractivity contribution is 7.89. The maximum atomic E-state index is 13.0. The lowest BCUT2D eigenvalue weighted by Gasteiger charge is -2.31. The molecule has 1 fully saturated rings. The summed E-state index contributed by atoms with van der Waals surface area (Å²) in [6, 6.07) is 1.66. The highest BCUT2D eigenvalue weighted by Gasteiger charge is 2.35. The second kappa shape index (κ2) is 7.60. The van der Waals surface area contributed by atoms with E-state index in [9.17, 15) is 13.2 Å². The van der Waals surface area contributed by atoms with Gasteiger partial charge in [-0.3, -0.25) is 4.79 Å². The molecule has 1 aromatic rings. The van der Waals surface area contributed by atoms with Crippen molar-refractivity contribution in [1.82, 2.24) is 4.31 Å². The second-order valence-electron chi connectivity index (χ2n) is 5.87. The Kier molecular flexibility index (Phi) is 6.18. The topological polar surface area (TPSA) is 63.7 Å². The van der Waals surface area contributed by atoms with Gasteiger partial charge in [-0.15, -0.1) is 0 Å². The Labute approximate surface area is 152 Å². The number of halogens is 2. The fraction of sp³-hybridized carbons (Fsp3) is 0.562. The molecule has 0 aromatic heterocycles. The van der Waals surface area contributed by atoms with E-state index in [1.807, 2.05) is 0 Å². The van der Waals surface area contributed by atoms with Crippen LogP contribution < -0.4 is 0 Å². The summed E-state index contributed by atoms with van der Waals surface area (Å²) < 4.78 is 32.4. The first-order valence-corrected chi connectivity index (χ1v) is 10.0. The maximum absolute atomic E-state index is 13.0. The molecule has 0 saturated carbocycles. The van der Waals surface area contributed by atoms with Crippen molar-refractivity contribution in [1.29, 1.82) is 0 Å². The van der Waals surface area contributed by atoms with Crippen LogP contribution in [-0.4, -0.2) is 38.4 Å². The minimum atomic E-state index is -3.76. The smallest absolute Gasteiger partial charge is 0.309 e. The monoisotopic (exact) mass is 393 g/mol. The zero-order valence-corrected chi connectivity index (χ0v) is 16.3. The van der Waals surface area contributed by atoms with Crippen LogP contribution in [0.3, 0.4) is 0 Å².